The lowest BCUT2D eigenvalue weighted by Crippen LogP contribution is -2.64. The Morgan fingerprint density at radius 2 is 1.82 bits per heavy atom. The largest absolute Gasteiger partial charge is 0.362 e. The number of hydrogen-bond acceptors (Lipinski definition) is 7. The average molecular weight is 548 g/mol. The van der Waals surface area contributed by atoms with Crippen molar-refractivity contribution in [3.05, 3.63) is 34.9 Å². The zero-order valence-electron chi connectivity index (χ0n) is 23.7. The second kappa shape index (κ2) is 11.8. The number of ether oxygens (including phenoxy) is 1. The number of benzene rings is 1. The highest BCUT2D eigenvalue weighted by Gasteiger charge is 2.41. The van der Waals surface area contributed by atoms with Gasteiger partial charge in [-0.1, -0.05) is 38.5 Å². The zero-order chi connectivity index (χ0) is 27.0. The Kier molecular flexibility index (Phi) is 8.84. The third kappa shape index (κ3) is 6.45. The summed E-state index contributed by atoms with van der Waals surface area (Å²) in [4.78, 5) is 2.66. The van der Waals surface area contributed by atoms with Crippen molar-refractivity contribution >= 4 is 10.0 Å². The Labute approximate surface area is 229 Å². The fraction of sp³-hybridized carbons (Fsp3) is 0.793. The maximum Gasteiger partial charge on any atom is 0.216 e. The fourth-order valence-corrected chi connectivity index (χ4v) is 9.02. The SMILES string of the molecule is Cc1cccc(C)c1C1CC2NC(N1)NS(=O)(=O)C1CCCC(C1)CN(C1CC(N)C1)[C@H](CC(C)C)CO2. The molecule has 8 nitrogen and oxygen atoms in total. The van der Waals surface area contributed by atoms with E-state index in [1.165, 1.54) is 16.7 Å². The van der Waals surface area contributed by atoms with Crippen molar-refractivity contribution in [2.75, 3.05) is 13.2 Å². The van der Waals surface area contributed by atoms with Crippen LogP contribution in [0.1, 0.15) is 87.9 Å². The van der Waals surface area contributed by atoms with Gasteiger partial charge in [0, 0.05) is 37.1 Å². The van der Waals surface area contributed by atoms with E-state index in [2.05, 4.69) is 66.1 Å². The maximum atomic E-state index is 13.7. The van der Waals surface area contributed by atoms with Crippen LogP contribution < -0.4 is 21.1 Å². The Bertz CT molecular complexity index is 1040. The van der Waals surface area contributed by atoms with Crippen molar-refractivity contribution < 1.29 is 13.2 Å². The number of aryl methyl sites for hydroxylation is 2. The van der Waals surface area contributed by atoms with Crippen LogP contribution in [0.25, 0.3) is 0 Å². The fourth-order valence-electron chi connectivity index (χ4n) is 7.36. The van der Waals surface area contributed by atoms with E-state index in [0.717, 1.165) is 57.9 Å². The Morgan fingerprint density at radius 1 is 1.08 bits per heavy atom. The molecule has 4 aliphatic rings. The van der Waals surface area contributed by atoms with E-state index in [-0.39, 0.29) is 23.6 Å². The Hall–Kier alpha value is -1.07. The highest BCUT2D eigenvalue weighted by Crippen LogP contribution is 2.35. The molecule has 2 aliphatic heterocycles. The number of rotatable bonds is 4. The quantitative estimate of drug-likeness (QED) is 0.458. The van der Waals surface area contributed by atoms with Gasteiger partial charge in [0.1, 0.15) is 12.5 Å². The van der Waals surface area contributed by atoms with Crippen LogP contribution in [0.4, 0.5) is 0 Å². The summed E-state index contributed by atoms with van der Waals surface area (Å²) in [5, 5.41) is 6.66. The van der Waals surface area contributed by atoms with E-state index >= 15 is 0 Å². The molecule has 5 unspecified atom stereocenters. The number of nitrogens with zero attached hydrogens (tertiary/aromatic N) is 1. The standard InChI is InChI=1S/C29H49N5O3S/c1-18(2)11-24-17-37-27-15-26(28-19(3)7-5-8-20(28)4)31-29(32-27)33-38(35,36)25-10-6-9-21(12-25)16-34(24)23-13-22(30)14-23/h5,7-8,18,21-27,29,31-33H,6,9-17,30H2,1-4H3/t21?,22?,23?,24-,25?,26?,27?,29?/m1/s1. The molecule has 4 fully saturated rings. The van der Waals surface area contributed by atoms with Crippen LogP contribution >= 0.6 is 0 Å². The summed E-state index contributed by atoms with van der Waals surface area (Å²) < 4.78 is 37.0. The summed E-state index contributed by atoms with van der Waals surface area (Å²) in [6, 6.07) is 7.37. The predicted molar refractivity (Wildman–Crippen MR) is 152 cm³/mol. The smallest absolute Gasteiger partial charge is 0.216 e. The van der Waals surface area contributed by atoms with Crippen molar-refractivity contribution in [2.45, 2.75) is 121 Å². The molecule has 1 aromatic rings. The molecule has 0 spiro atoms. The van der Waals surface area contributed by atoms with Crippen molar-refractivity contribution in [3.63, 3.8) is 0 Å². The molecule has 2 saturated heterocycles. The Balaban J connectivity index is 1.47. The van der Waals surface area contributed by atoms with E-state index in [1.54, 1.807) is 0 Å². The van der Waals surface area contributed by atoms with E-state index in [4.69, 9.17) is 10.5 Å². The lowest BCUT2D eigenvalue weighted by Gasteiger charge is -2.48. The minimum atomic E-state index is -3.51. The number of hydrogen-bond donors (Lipinski definition) is 4. The lowest BCUT2D eigenvalue weighted by atomic mass is 9.82. The molecule has 5 N–H and O–H groups in total. The summed E-state index contributed by atoms with van der Waals surface area (Å²) in [7, 11) is -3.51. The number of nitrogens with one attached hydrogen (secondary N) is 3. The minimum absolute atomic E-state index is 0.0105. The second-order valence-electron chi connectivity index (χ2n) is 12.9. The number of nitrogens with two attached hydrogens (primary N) is 1. The molecule has 0 aromatic heterocycles. The van der Waals surface area contributed by atoms with Crippen LogP contribution in [0.5, 0.6) is 0 Å². The highest BCUT2D eigenvalue weighted by atomic mass is 32.2. The molecule has 6 atom stereocenters. The van der Waals surface area contributed by atoms with Gasteiger partial charge in [-0.25, -0.2) is 8.42 Å². The first-order chi connectivity index (χ1) is 18.1. The van der Waals surface area contributed by atoms with Gasteiger partial charge < -0.3 is 10.5 Å². The third-order valence-electron chi connectivity index (χ3n) is 9.31. The summed E-state index contributed by atoms with van der Waals surface area (Å²) in [5.74, 6) is 0.924. The molecule has 2 heterocycles. The predicted octanol–water partition coefficient (Wildman–Crippen LogP) is 3.25. The van der Waals surface area contributed by atoms with Crippen LogP contribution in [-0.4, -0.2) is 62.4 Å². The van der Waals surface area contributed by atoms with E-state index in [9.17, 15) is 8.42 Å². The summed E-state index contributed by atoms with van der Waals surface area (Å²) >= 11 is 0. The first kappa shape index (κ1) is 28.5. The minimum Gasteiger partial charge on any atom is -0.362 e. The normalized spacial score (nSPS) is 38.5. The molecule has 1 aromatic carbocycles. The monoisotopic (exact) mass is 547 g/mol. The van der Waals surface area contributed by atoms with Crippen molar-refractivity contribution in [1.29, 1.82) is 0 Å². The number of fused-ring (bicyclic) bond motifs is 4. The molecular weight excluding hydrogens is 498 g/mol. The van der Waals surface area contributed by atoms with E-state index in [1.807, 2.05) is 0 Å². The maximum absolute atomic E-state index is 13.7. The molecule has 214 valence electrons. The summed E-state index contributed by atoms with van der Waals surface area (Å²) in [5.41, 5.74) is 9.91. The molecule has 2 saturated carbocycles. The third-order valence-corrected chi connectivity index (χ3v) is 11.2. The van der Waals surface area contributed by atoms with Crippen LogP contribution in [0.3, 0.4) is 0 Å². The second-order valence-corrected chi connectivity index (χ2v) is 14.9. The van der Waals surface area contributed by atoms with E-state index in [0.29, 0.717) is 30.5 Å². The van der Waals surface area contributed by atoms with Crippen molar-refractivity contribution in [2.24, 2.45) is 17.6 Å². The summed E-state index contributed by atoms with van der Waals surface area (Å²) in [6.07, 6.45) is 6.50. The van der Waals surface area contributed by atoms with Crippen molar-refractivity contribution in [3.8, 4) is 0 Å². The topological polar surface area (TPSA) is 109 Å². The first-order valence-corrected chi connectivity index (χ1v) is 16.4. The van der Waals surface area contributed by atoms with Gasteiger partial charge in [-0.15, -0.1) is 0 Å². The molecule has 38 heavy (non-hydrogen) atoms. The van der Waals surface area contributed by atoms with Gasteiger partial charge in [-0.2, -0.15) is 4.72 Å². The molecular formula is C29H49N5O3S. The van der Waals surface area contributed by atoms with Crippen LogP contribution in [0.15, 0.2) is 18.2 Å². The molecule has 0 radical (unpaired) electrons. The van der Waals surface area contributed by atoms with Gasteiger partial charge in [0.25, 0.3) is 0 Å². The first-order valence-electron chi connectivity index (χ1n) is 14.8. The van der Waals surface area contributed by atoms with Gasteiger partial charge in [-0.3, -0.25) is 15.5 Å². The summed E-state index contributed by atoms with van der Waals surface area (Å²) in [6.45, 7) is 10.4. The molecule has 0 amide bonds. The van der Waals surface area contributed by atoms with Gasteiger partial charge >= 0.3 is 0 Å². The van der Waals surface area contributed by atoms with Gasteiger partial charge in [0.05, 0.1) is 11.9 Å². The van der Waals surface area contributed by atoms with Crippen LogP contribution in [0, 0.1) is 25.7 Å². The molecule has 2 aliphatic carbocycles. The van der Waals surface area contributed by atoms with Gasteiger partial charge in [-0.05, 0) is 80.9 Å². The van der Waals surface area contributed by atoms with E-state index < -0.39 is 16.3 Å². The average Bonchev–Trinajstić information content (AvgIpc) is 2.83. The van der Waals surface area contributed by atoms with Gasteiger partial charge in [0.2, 0.25) is 10.0 Å². The van der Waals surface area contributed by atoms with Crippen LogP contribution in [-0.2, 0) is 14.8 Å². The molecule has 4 bridgehead atoms. The van der Waals surface area contributed by atoms with Gasteiger partial charge in [0.15, 0.2) is 0 Å². The van der Waals surface area contributed by atoms with Crippen LogP contribution in [0.2, 0.25) is 0 Å². The molecule has 5 rings (SSSR count). The Morgan fingerprint density at radius 3 is 2.50 bits per heavy atom. The number of sulfonamides is 1. The zero-order valence-corrected chi connectivity index (χ0v) is 24.5. The molecule has 9 heteroatoms. The lowest BCUT2D eigenvalue weighted by molar-refractivity contribution is -0.0626. The highest BCUT2D eigenvalue weighted by molar-refractivity contribution is 7.90. The van der Waals surface area contributed by atoms with Crippen molar-refractivity contribution in [1.82, 2.24) is 20.3 Å².